The average molecular weight is 364 g/mol. The third-order valence-corrected chi connectivity index (χ3v) is 5.46. The molecule has 3 rings (SSSR count). The van der Waals surface area contributed by atoms with Gasteiger partial charge in [0.15, 0.2) is 11.6 Å². The fourth-order valence-electron chi connectivity index (χ4n) is 3.91. The summed E-state index contributed by atoms with van der Waals surface area (Å²) < 4.78 is 24.5. The average Bonchev–Trinajstić information content (AvgIpc) is 2.68. The Morgan fingerprint density at radius 1 is 1.12 bits per heavy atom. The summed E-state index contributed by atoms with van der Waals surface area (Å²) in [5.41, 5.74) is 0. The molecule has 2 heterocycles. The lowest BCUT2D eigenvalue weighted by atomic mass is 9.98. The van der Waals surface area contributed by atoms with Crippen molar-refractivity contribution in [2.75, 3.05) is 39.9 Å². The number of amides is 1. The van der Waals surface area contributed by atoms with Gasteiger partial charge < -0.3 is 14.4 Å². The Morgan fingerprint density at radius 2 is 1.81 bits per heavy atom. The molecule has 0 N–H and O–H groups in total. The molecule has 2 aliphatic rings. The zero-order valence-electron chi connectivity index (χ0n) is 15.5. The predicted molar refractivity (Wildman–Crippen MR) is 97.7 cm³/mol. The standard InChI is InChI=1S/C20H29FN2O3/c1-25-15-10-20(24)23-11-6-16(7-12-23)22-13-8-17(9-14-22)26-19-5-3-2-4-18(19)21/h2-5,16-17H,6-15H2,1H3. The minimum Gasteiger partial charge on any atom is -0.487 e. The Morgan fingerprint density at radius 3 is 2.46 bits per heavy atom. The van der Waals surface area contributed by atoms with Gasteiger partial charge in [-0.2, -0.15) is 0 Å². The van der Waals surface area contributed by atoms with E-state index in [9.17, 15) is 9.18 Å². The smallest absolute Gasteiger partial charge is 0.224 e. The number of halogens is 1. The van der Waals surface area contributed by atoms with Crippen molar-refractivity contribution in [2.45, 2.75) is 44.2 Å². The number of nitrogens with zero attached hydrogens (tertiary/aromatic N) is 2. The number of hydrogen-bond donors (Lipinski definition) is 0. The Balaban J connectivity index is 1.40. The number of methoxy groups -OCH3 is 1. The molecule has 2 aliphatic heterocycles. The number of rotatable bonds is 6. The highest BCUT2D eigenvalue weighted by atomic mass is 19.1. The van der Waals surface area contributed by atoms with Crippen molar-refractivity contribution in [3.05, 3.63) is 30.1 Å². The van der Waals surface area contributed by atoms with E-state index in [0.29, 0.717) is 24.8 Å². The predicted octanol–water partition coefficient (Wildman–Crippen LogP) is 2.70. The zero-order valence-corrected chi connectivity index (χ0v) is 15.5. The molecule has 0 bridgehead atoms. The van der Waals surface area contributed by atoms with Crippen molar-refractivity contribution in [3.63, 3.8) is 0 Å². The summed E-state index contributed by atoms with van der Waals surface area (Å²) in [5, 5.41) is 0. The van der Waals surface area contributed by atoms with Gasteiger partial charge in [0.25, 0.3) is 0 Å². The molecule has 0 aromatic heterocycles. The molecular formula is C20H29FN2O3. The van der Waals surface area contributed by atoms with Crippen LogP contribution < -0.4 is 4.74 Å². The minimum atomic E-state index is -0.291. The highest BCUT2D eigenvalue weighted by Gasteiger charge is 2.30. The van der Waals surface area contributed by atoms with Gasteiger partial charge in [0.1, 0.15) is 6.10 Å². The minimum absolute atomic E-state index is 0.0823. The van der Waals surface area contributed by atoms with Crippen LogP contribution in [0, 0.1) is 5.82 Å². The van der Waals surface area contributed by atoms with E-state index in [1.165, 1.54) is 6.07 Å². The third kappa shape index (κ3) is 4.95. The molecule has 0 saturated carbocycles. The summed E-state index contributed by atoms with van der Waals surface area (Å²) in [6, 6.07) is 7.15. The molecule has 5 nitrogen and oxygen atoms in total. The number of benzene rings is 1. The first-order valence-electron chi connectivity index (χ1n) is 9.59. The van der Waals surface area contributed by atoms with E-state index in [2.05, 4.69) is 4.90 Å². The molecule has 6 heteroatoms. The number of carbonyl (C=O) groups is 1. The first-order chi connectivity index (χ1) is 12.7. The van der Waals surface area contributed by atoms with E-state index in [1.807, 2.05) is 4.90 Å². The van der Waals surface area contributed by atoms with Gasteiger partial charge in [-0.3, -0.25) is 9.69 Å². The van der Waals surface area contributed by atoms with Gasteiger partial charge in [-0.1, -0.05) is 12.1 Å². The molecule has 2 saturated heterocycles. The van der Waals surface area contributed by atoms with E-state index in [1.54, 1.807) is 25.3 Å². The van der Waals surface area contributed by atoms with E-state index < -0.39 is 0 Å². The summed E-state index contributed by atoms with van der Waals surface area (Å²) in [5.74, 6) is 0.261. The Hall–Kier alpha value is -1.66. The van der Waals surface area contributed by atoms with Crippen molar-refractivity contribution in [3.8, 4) is 5.75 Å². The molecule has 1 aromatic rings. The van der Waals surface area contributed by atoms with E-state index in [-0.39, 0.29) is 17.8 Å². The molecular weight excluding hydrogens is 335 g/mol. The molecule has 2 fully saturated rings. The second-order valence-corrected chi connectivity index (χ2v) is 7.14. The van der Waals surface area contributed by atoms with Gasteiger partial charge in [-0.05, 0) is 37.8 Å². The highest BCUT2D eigenvalue weighted by molar-refractivity contribution is 5.76. The maximum absolute atomic E-state index is 13.7. The van der Waals surface area contributed by atoms with Crippen molar-refractivity contribution >= 4 is 5.91 Å². The summed E-state index contributed by atoms with van der Waals surface area (Å²) in [6.45, 7) is 4.11. The van der Waals surface area contributed by atoms with Gasteiger partial charge in [0.2, 0.25) is 5.91 Å². The van der Waals surface area contributed by atoms with Gasteiger partial charge in [-0.15, -0.1) is 0 Å². The van der Waals surface area contributed by atoms with Crippen LogP contribution in [0.3, 0.4) is 0 Å². The summed E-state index contributed by atoms with van der Waals surface area (Å²) in [4.78, 5) is 16.5. The second-order valence-electron chi connectivity index (χ2n) is 7.14. The molecule has 0 atom stereocenters. The van der Waals surface area contributed by atoms with Crippen molar-refractivity contribution in [2.24, 2.45) is 0 Å². The van der Waals surface area contributed by atoms with Gasteiger partial charge in [-0.25, -0.2) is 4.39 Å². The summed E-state index contributed by atoms with van der Waals surface area (Å²) in [7, 11) is 1.62. The van der Waals surface area contributed by atoms with Crippen LogP contribution >= 0.6 is 0 Å². The number of carbonyl (C=O) groups excluding carboxylic acids is 1. The lowest BCUT2D eigenvalue weighted by Crippen LogP contribution is -2.50. The van der Waals surface area contributed by atoms with Crippen LogP contribution in [0.1, 0.15) is 32.1 Å². The highest BCUT2D eigenvalue weighted by Crippen LogP contribution is 2.25. The molecule has 26 heavy (non-hydrogen) atoms. The molecule has 0 aliphatic carbocycles. The maximum Gasteiger partial charge on any atom is 0.224 e. The Labute approximate surface area is 155 Å². The van der Waals surface area contributed by atoms with E-state index >= 15 is 0 Å². The van der Waals surface area contributed by atoms with Gasteiger partial charge >= 0.3 is 0 Å². The number of hydrogen-bond acceptors (Lipinski definition) is 4. The monoisotopic (exact) mass is 364 g/mol. The quantitative estimate of drug-likeness (QED) is 0.778. The van der Waals surface area contributed by atoms with Crippen LogP contribution in [0.5, 0.6) is 5.75 Å². The summed E-state index contributed by atoms with van der Waals surface area (Å²) in [6.07, 6.45) is 4.44. The van der Waals surface area contributed by atoms with Crippen LogP contribution in [0.25, 0.3) is 0 Å². The van der Waals surface area contributed by atoms with Crippen molar-refractivity contribution in [1.82, 2.24) is 9.80 Å². The first kappa shape index (κ1) is 19.1. The Bertz CT molecular complexity index is 582. The fourth-order valence-corrected chi connectivity index (χ4v) is 3.91. The largest absolute Gasteiger partial charge is 0.487 e. The Kier molecular flexibility index (Phi) is 6.86. The van der Waals surface area contributed by atoms with Crippen LogP contribution in [0.2, 0.25) is 0 Å². The van der Waals surface area contributed by atoms with Crippen LogP contribution in [0.4, 0.5) is 4.39 Å². The SMILES string of the molecule is COCCC(=O)N1CCC(N2CCC(Oc3ccccc3F)CC2)CC1. The van der Waals surface area contributed by atoms with E-state index in [0.717, 1.165) is 51.9 Å². The molecule has 1 amide bonds. The van der Waals surface area contributed by atoms with Crippen molar-refractivity contribution in [1.29, 1.82) is 0 Å². The maximum atomic E-state index is 13.7. The molecule has 1 aromatic carbocycles. The summed E-state index contributed by atoms with van der Waals surface area (Å²) >= 11 is 0. The number of para-hydroxylation sites is 1. The van der Waals surface area contributed by atoms with Crippen LogP contribution in [0.15, 0.2) is 24.3 Å². The molecule has 144 valence electrons. The topological polar surface area (TPSA) is 42.0 Å². The number of likely N-dealkylation sites (tertiary alicyclic amines) is 2. The zero-order chi connectivity index (χ0) is 18.4. The molecule has 0 radical (unpaired) electrons. The third-order valence-electron chi connectivity index (χ3n) is 5.46. The van der Waals surface area contributed by atoms with Crippen LogP contribution in [-0.4, -0.2) is 67.7 Å². The van der Waals surface area contributed by atoms with Gasteiger partial charge in [0, 0.05) is 39.3 Å². The molecule has 0 unspecified atom stereocenters. The number of ether oxygens (including phenoxy) is 2. The van der Waals surface area contributed by atoms with E-state index in [4.69, 9.17) is 9.47 Å². The van der Waals surface area contributed by atoms with Crippen molar-refractivity contribution < 1.29 is 18.7 Å². The molecule has 0 spiro atoms. The van der Waals surface area contributed by atoms with Crippen LogP contribution in [-0.2, 0) is 9.53 Å². The first-order valence-corrected chi connectivity index (χ1v) is 9.59. The fraction of sp³-hybridized carbons (Fsp3) is 0.650. The normalized spacial score (nSPS) is 20.3. The lowest BCUT2D eigenvalue weighted by Gasteiger charge is -2.41. The lowest BCUT2D eigenvalue weighted by molar-refractivity contribution is -0.133. The number of piperidine rings is 2. The van der Waals surface area contributed by atoms with Gasteiger partial charge in [0.05, 0.1) is 13.0 Å². The second kappa shape index (κ2) is 9.33.